The molecule has 0 spiro atoms. The largest absolute Gasteiger partial charge is 0.399 e. The van der Waals surface area contributed by atoms with Gasteiger partial charge in [0, 0.05) is 15.7 Å². The zero-order valence-electron chi connectivity index (χ0n) is 10.1. The van der Waals surface area contributed by atoms with Crippen molar-refractivity contribution in [2.24, 2.45) is 0 Å². The number of imidazole rings is 1. The van der Waals surface area contributed by atoms with Crippen LogP contribution in [0.3, 0.4) is 0 Å². The molecule has 0 aliphatic heterocycles. The lowest BCUT2D eigenvalue weighted by molar-refractivity contribution is 1.31. The van der Waals surface area contributed by atoms with Crippen molar-refractivity contribution in [1.82, 2.24) is 9.97 Å². The highest BCUT2D eigenvalue weighted by atomic mass is 79.9. The molecule has 2 aromatic carbocycles. The summed E-state index contributed by atoms with van der Waals surface area (Å²) in [5, 5.41) is 0. The number of nitrogens with one attached hydrogen (secondary N) is 1. The lowest BCUT2D eigenvalue weighted by Crippen LogP contribution is -1.86. The van der Waals surface area contributed by atoms with Gasteiger partial charge in [-0.1, -0.05) is 40.2 Å². The summed E-state index contributed by atoms with van der Waals surface area (Å²) in [6.45, 7) is 0. The number of nitrogens with two attached hydrogens (primary N) is 1. The lowest BCUT2D eigenvalue weighted by Gasteiger charge is -1.99. The summed E-state index contributed by atoms with van der Waals surface area (Å²) in [6.07, 6.45) is 1.84. The first kappa shape index (κ1) is 12.0. The van der Waals surface area contributed by atoms with Crippen molar-refractivity contribution in [2.75, 3.05) is 5.73 Å². The van der Waals surface area contributed by atoms with E-state index in [0.717, 1.165) is 32.8 Å². The molecule has 4 heteroatoms. The van der Waals surface area contributed by atoms with Gasteiger partial charge in [0.1, 0.15) is 5.82 Å². The average molecular weight is 314 g/mol. The van der Waals surface area contributed by atoms with Crippen LogP contribution in [-0.4, -0.2) is 9.97 Å². The molecular weight excluding hydrogens is 302 g/mol. The number of aromatic amines is 1. The summed E-state index contributed by atoms with van der Waals surface area (Å²) >= 11 is 3.43. The molecule has 19 heavy (non-hydrogen) atoms. The van der Waals surface area contributed by atoms with Crippen LogP contribution in [0.5, 0.6) is 0 Å². The van der Waals surface area contributed by atoms with Crippen molar-refractivity contribution in [3.8, 4) is 22.6 Å². The van der Waals surface area contributed by atoms with Crippen LogP contribution in [0, 0.1) is 0 Å². The molecule has 3 aromatic rings. The van der Waals surface area contributed by atoms with Gasteiger partial charge in [0.05, 0.1) is 11.9 Å². The molecule has 1 aromatic heterocycles. The van der Waals surface area contributed by atoms with E-state index in [1.807, 2.05) is 54.7 Å². The predicted octanol–water partition coefficient (Wildman–Crippen LogP) is 4.09. The van der Waals surface area contributed by atoms with E-state index >= 15 is 0 Å². The Kier molecular flexibility index (Phi) is 3.09. The zero-order chi connectivity index (χ0) is 13.2. The normalized spacial score (nSPS) is 10.6. The average Bonchev–Trinajstić information content (AvgIpc) is 2.89. The molecule has 0 atom stereocenters. The third-order valence-electron chi connectivity index (χ3n) is 2.89. The van der Waals surface area contributed by atoms with E-state index in [2.05, 4.69) is 25.9 Å². The number of anilines is 1. The first-order valence-electron chi connectivity index (χ1n) is 5.89. The summed E-state index contributed by atoms with van der Waals surface area (Å²) < 4.78 is 1.06. The minimum Gasteiger partial charge on any atom is -0.399 e. The fourth-order valence-electron chi connectivity index (χ4n) is 1.93. The number of rotatable bonds is 2. The molecule has 0 aliphatic rings. The van der Waals surface area contributed by atoms with Gasteiger partial charge < -0.3 is 10.7 Å². The highest BCUT2D eigenvalue weighted by Gasteiger charge is 2.05. The van der Waals surface area contributed by atoms with Gasteiger partial charge in [-0.15, -0.1) is 0 Å². The van der Waals surface area contributed by atoms with Crippen LogP contribution in [0.15, 0.2) is 59.2 Å². The Hall–Kier alpha value is -2.07. The smallest absolute Gasteiger partial charge is 0.137 e. The van der Waals surface area contributed by atoms with E-state index in [1.165, 1.54) is 0 Å². The zero-order valence-corrected chi connectivity index (χ0v) is 11.7. The monoisotopic (exact) mass is 313 g/mol. The third-order valence-corrected chi connectivity index (χ3v) is 3.42. The summed E-state index contributed by atoms with van der Waals surface area (Å²) in [7, 11) is 0. The Labute approximate surface area is 119 Å². The molecule has 0 saturated carbocycles. The number of hydrogen-bond donors (Lipinski definition) is 2. The Morgan fingerprint density at radius 3 is 2.53 bits per heavy atom. The first-order valence-corrected chi connectivity index (χ1v) is 6.68. The quantitative estimate of drug-likeness (QED) is 0.700. The van der Waals surface area contributed by atoms with Crippen LogP contribution in [0.4, 0.5) is 5.69 Å². The second kappa shape index (κ2) is 4.90. The number of H-pyrrole nitrogens is 1. The number of nitrogen functional groups attached to an aromatic ring is 1. The van der Waals surface area contributed by atoms with Crippen LogP contribution in [0.2, 0.25) is 0 Å². The molecule has 3 N–H and O–H groups in total. The molecule has 0 fully saturated rings. The van der Waals surface area contributed by atoms with Crippen LogP contribution in [-0.2, 0) is 0 Å². The molecular formula is C15H12BrN3. The van der Waals surface area contributed by atoms with Crippen molar-refractivity contribution in [2.45, 2.75) is 0 Å². The molecule has 0 amide bonds. The first-order chi connectivity index (χ1) is 9.22. The van der Waals surface area contributed by atoms with Gasteiger partial charge >= 0.3 is 0 Å². The second-order valence-corrected chi connectivity index (χ2v) is 5.19. The van der Waals surface area contributed by atoms with Crippen LogP contribution < -0.4 is 5.73 Å². The van der Waals surface area contributed by atoms with Crippen LogP contribution >= 0.6 is 15.9 Å². The van der Waals surface area contributed by atoms with Gasteiger partial charge in [0.2, 0.25) is 0 Å². The Morgan fingerprint density at radius 2 is 1.79 bits per heavy atom. The molecule has 0 bridgehead atoms. The summed E-state index contributed by atoms with van der Waals surface area (Å²) in [5.41, 5.74) is 9.60. The summed E-state index contributed by atoms with van der Waals surface area (Å²) in [5.74, 6) is 0.824. The maximum Gasteiger partial charge on any atom is 0.137 e. The van der Waals surface area contributed by atoms with Crippen molar-refractivity contribution >= 4 is 21.6 Å². The molecule has 0 radical (unpaired) electrons. The van der Waals surface area contributed by atoms with Gasteiger partial charge in [-0.05, 0) is 29.8 Å². The maximum atomic E-state index is 5.78. The Morgan fingerprint density at radius 1 is 1.00 bits per heavy atom. The fraction of sp³-hybridized carbons (Fsp3) is 0. The molecule has 3 rings (SSSR count). The fourth-order valence-corrected chi connectivity index (χ4v) is 2.19. The van der Waals surface area contributed by atoms with Crippen molar-refractivity contribution in [3.63, 3.8) is 0 Å². The molecule has 0 unspecified atom stereocenters. The highest BCUT2D eigenvalue weighted by molar-refractivity contribution is 9.10. The molecule has 94 valence electrons. The standard InChI is InChI=1S/C15H12BrN3/c16-12-6-4-10(5-7-12)14-9-18-15(19-14)11-2-1-3-13(17)8-11/h1-9H,17H2,(H,18,19). The van der Waals surface area contributed by atoms with E-state index in [4.69, 9.17) is 5.73 Å². The third kappa shape index (κ3) is 2.53. The van der Waals surface area contributed by atoms with Gasteiger partial charge in [0.25, 0.3) is 0 Å². The van der Waals surface area contributed by atoms with Crippen molar-refractivity contribution in [1.29, 1.82) is 0 Å². The van der Waals surface area contributed by atoms with Gasteiger partial charge in [-0.25, -0.2) is 4.98 Å². The Bertz CT molecular complexity index is 701. The minimum atomic E-state index is 0.735. The second-order valence-electron chi connectivity index (χ2n) is 4.28. The van der Waals surface area contributed by atoms with E-state index in [-0.39, 0.29) is 0 Å². The summed E-state index contributed by atoms with van der Waals surface area (Å²) in [6, 6.07) is 15.8. The van der Waals surface area contributed by atoms with E-state index in [9.17, 15) is 0 Å². The van der Waals surface area contributed by atoms with E-state index in [1.54, 1.807) is 0 Å². The van der Waals surface area contributed by atoms with Crippen LogP contribution in [0.25, 0.3) is 22.6 Å². The summed E-state index contributed by atoms with van der Waals surface area (Å²) in [4.78, 5) is 7.71. The number of benzene rings is 2. The van der Waals surface area contributed by atoms with Crippen molar-refractivity contribution < 1.29 is 0 Å². The highest BCUT2D eigenvalue weighted by Crippen LogP contribution is 2.24. The molecule has 0 saturated heterocycles. The van der Waals surface area contributed by atoms with Gasteiger partial charge in [-0.3, -0.25) is 0 Å². The number of nitrogens with zero attached hydrogens (tertiary/aromatic N) is 1. The Balaban J connectivity index is 1.97. The number of halogens is 1. The number of aromatic nitrogens is 2. The van der Waals surface area contributed by atoms with E-state index in [0.29, 0.717) is 0 Å². The SMILES string of the molecule is Nc1cccc(-c2ncc(-c3ccc(Br)cc3)[nH]2)c1. The maximum absolute atomic E-state index is 5.78. The van der Waals surface area contributed by atoms with Gasteiger partial charge in [-0.2, -0.15) is 0 Å². The predicted molar refractivity (Wildman–Crippen MR) is 81.6 cm³/mol. The van der Waals surface area contributed by atoms with E-state index < -0.39 is 0 Å². The molecule has 3 nitrogen and oxygen atoms in total. The molecule has 1 heterocycles. The molecule has 0 aliphatic carbocycles. The topological polar surface area (TPSA) is 54.7 Å². The van der Waals surface area contributed by atoms with Gasteiger partial charge in [0.15, 0.2) is 0 Å². The van der Waals surface area contributed by atoms with Crippen LogP contribution in [0.1, 0.15) is 0 Å². The lowest BCUT2D eigenvalue weighted by atomic mass is 10.2. The number of hydrogen-bond acceptors (Lipinski definition) is 2. The van der Waals surface area contributed by atoms with Crippen molar-refractivity contribution in [3.05, 3.63) is 59.2 Å². The minimum absolute atomic E-state index is 0.735.